The van der Waals surface area contributed by atoms with E-state index in [0.29, 0.717) is 12.1 Å². The van der Waals surface area contributed by atoms with Crippen molar-refractivity contribution in [2.24, 2.45) is 0 Å². The molecule has 4 nitrogen and oxygen atoms in total. The van der Waals surface area contributed by atoms with Crippen LogP contribution in [0, 0.1) is 0 Å². The maximum absolute atomic E-state index is 11.6. The Morgan fingerprint density at radius 3 is 2.61 bits per heavy atom. The summed E-state index contributed by atoms with van der Waals surface area (Å²) in [5, 5.41) is 6.05. The molecule has 0 saturated heterocycles. The highest BCUT2D eigenvalue weighted by molar-refractivity contribution is 5.94. The van der Waals surface area contributed by atoms with Crippen molar-refractivity contribution in [1.29, 1.82) is 0 Å². The summed E-state index contributed by atoms with van der Waals surface area (Å²) in [7, 11) is 0. The second-order valence-corrected chi connectivity index (χ2v) is 3.99. The van der Waals surface area contributed by atoms with E-state index in [2.05, 4.69) is 15.6 Å². The standard InChI is InChI=1S/C14H17N3O/c1-2-15-14(18)11-5-7-12(8-6-11)17-10-13-4-3-9-16-13/h3-9,16-17H,2,10H2,1H3,(H,15,18). The number of H-pyrrole nitrogens is 1. The number of benzene rings is 1. The molecule has 0 saturated carbocycles. The molecule has 94 valence electrons. The molecule has 0 bridgehead atoms. The van der Waals surface area contributed by atoms with Crippen LogP contribution in [0.5, 0.6) is 0 Å². The largest absolute Gasteiger partial charge is 0.379 e. The number of amides is 1. The van der Waals surface area contributed by atoms with Crippen molar-refractivity contribution in [2.75, 3.05) is 11.9 Å². The molecule has 2 aromatic rings. The van der Waals surface area contributed by atoms with Crippen molar-refractivity contribution in [1.82, 2.24) is 10.3 Å². The minimum atomic E-state index is -0.0339. The van der Waals surface area contributed by atoms with Crippen LogP contribution in [0.2, 0.25) is 0 Å². The summed E-state index contributed by atoms with van der Waals surface area (Å²) < 4.78 is 0. The van der Waals surface area contributed by atoms with Gasteiger partial charge in [-0.25, -0.2) is 0 Å². The van der Waals surface area contributed by atoms with Gasteiger partial charge in [0.1, 0.15) is 0 Å². The molecule has 0 aliphatic carbocycles. The molecule has 2 rings (SSSR count). The van der Waals surface area contributed by atoms with Gasteiger partial charge in [0.2, 0.25) is 0 Å². The number of hydrogen-bond acceptors (Lipinski definition) is 2. The smallest absolute Gasteiger partial charge is 0.251 e. The topological polar surface area (TPSA) is 56.9 Å². The fourth-order valence-electron chi connectivity index (χ4n) is 1.68. The lowest BCUT2D eigenvalue weighted by atomic mass is 10.2. The fourth-order valence-corrected chi connectivity index (χ4v) is 1.68. The van der Waals surface area contributed by atoms with E-state index < -0.39 is 0 Å². The first kappa shape index (κ1) is 12.2. The van der Waals surface area contributed by atoms with Gasteiger partial charge in [-0.1, -0.05) is 0 Å². The summed E-state index contributed by atoms with van der Waals surface area (Å²) in [5.74, 6) is -0.0339. The molecule has 1 aromatic carbocycles. The minimum Gasteiger partial charge on any atom is -0.379 e. The Hall–Kier alpha value is -2.23. The molecule has 1 amide bonds. The van der Waals surface area contributed by atoms with E-state index in [9.17, 15) is 4.79 Å². The Kier molecular flexibility index (Phi) is 4.02. The lowest BCUT2D eigenvalue weighted by Gasteiger charge is -2.06. The second-order valence-electron chi connectivity index (χ2n) is 3.99. The van der Waals surface area contributed by atoms with E-state index in [1.54, 1.807) is 0 Å². The van der Waals surface area contributed by atoms with Crippen LogP contribution in [-0.2, 0) is 6.54 Å². The van der Waals surface area contributed by atoms with Crippen LogP contribution in [0.25, 0.3) is 0 Å². The Labute approximate surface area is 106 Å². The van der Waals surface area contributed by atoms with Gasteiger partial charge in [-0.15, -0.1) is 0 Å². The number of carbonyl (C=O) groups is 1. The van der Waals surface area contributed by atoms with Crippen molar-refractivity contribution in [3.8, 4) is 0 Å². The second kappa shape index (κ2) is 5.91. The fraction of sp³-hybridized carbons (Fsp3) is 0.214. The number of anilines is 1. The Morgan fingerprint density at radius 1 is 1.22 bits per heavy atom. The van der Waals surface area contributed by atoms with Gasteiger partial charge in [0.05, 0.1) is 6.54 Å². The summed E-state index contributed by atoms with van der Waals surface area (Å²) >= 11 is 0. The zero-order valence-electron chi connectivity index (χ0n) is 10.4. The third kappa shape index (κ3) is 3.13. The molecule has 1 aromatic heterocycles. The molecular formula is C14H17N3O. The molecule has 3 N–H and O–H groups in total. The zero-order chi connectivity index (χ0) is 12.8. The Balaban J connectivity index is 1.93. The first-order chi connectivity index (χ1) is 8.79. The molecule has 0 aliphatic heterocycles. The summed E-state index contributed by atoms with van der Waals surface area (Å²) in [6.07, 6.45) is 1.90. The zero-order valence-corrected chi connectivity index (χ0v) is 10.4. The number of nitrogens with one attached hydrogen (secondary N) is 3. The van der Waals surface area contributed by atoms with Gasteiger partial charge in [0.25, 0.3) is 5.91 Å². The van der Waals surface area contributed by atoms with Gasteiger partial charge < -0.3 is 15.6 Å². The Bertz CT molecular complexity index is 488. The van der Waals surface area contributed by atoms with E-state index in [0.717, 1.165) is 17.9 Å². The molecule has 0 radical (unpaired) electrons. The van der Waals surface area contributed by atoms with Gasteiger partial charge in [0.15, 0.2) is 0 Å². The van der Waals surface area contributed by atoms with Crippen molar-refractivity contribution in [3.63, 3.8) is 0 Å². The molecule has 0 fully saturated rings. The third-order valence-corrected chi connectivity index (χ3v) is 2.63. The van der Waals surface area contributed by atoms with Gasteiger partial charge in [-0.3, -0.25) is 4.79 Å². The van der Waals surface area contributed by atoms with E-state index in [4.69, 9.17) is 0 Å². The van der Waals surface area contributed by atoms with Crippen LogP contribution in [0.1, 0.15) is 23.0 Å². The number of rotatable bonds is 5. The van der Waals surface area contributed by atoms with Crippen LogP contribution >= 0.6 is 0 Å². The average Bonchev–Trinajstić information content (AvgIpc) is 2.90. The quantitative estimate of drug-likeness (QED) is 0.755. The van der Waals surface area contributed by atoms with Crippen LogP contribution in [-0.4, -0.2) is 17.4 Å². The van der Waals surface area contributed by atoms with Crippen molar-refractivity contribution >= 4 is 11.6 Å². The van der Waals surface area contributed by atoms with Crippen LogP contribution in [0.3, 0.4) is 0 Å². The lowest BCUT2D eigenvalue weighted by molar-refractivity contribution is 0.0956. The highest BCUT2D eigenvalue weighted by Crippen LogP contribution is 2.10. The van der Waals surface area contributed by atoms with Crippen LogP contribution in [0.15, 0.2) is 42.6 Å². The maximum Gasteiger partial charge on any atom is 0.251 e. The molecule has 0 unspecified atom stereocenters. The molecule has 0 spiro atoms. The van der Waals surface area contributed by atoms with E-state index in [1.807, 2.05) is 49.5 Å². The van der Waals surface area contributed by atoms with E-state index >= 15 is 0 Å². The predicted octanol–water partition coefficient (Wildman–Crippen LogP) is 2.38. The summed E-state index contributed by atoms with van der Waals surface area (Å²) in [6.45, 7) is 3.29. The Morgan fingerprint density at radius 2 is 2.00 bits per heavy atom. The number of aromatic amines is 1. The average molecular weight is 243 g/mol. The SMILES string of the molecule is CCNC(=O)c1ccc(NCc2ccc[nH]2)cc1. The molecule has 0 atom stereocenters. The van der Waals surface area contributed by atoms with Crippen LogP contribution < -0.4 is 10.6 Å². The van der Waals surface area contributed by atoms with Gasteiger partial charge in [0, 0.05) is 29.7 Å². The maximum atomic E-state index is 11.6. The van der Waals surface area contributed by atoms with Crippen LogP contribution in [0.4, 0.5) is 5.69 Å². The minimum absolute atomic E-state index is 0.0339. The predicted molar refractivity (Wildman–Crippen MR) is 72.6 cm³/mol. The molecule has 0 aliphatic rings. The molecular weight excluding hydrogens is 226 g/mol. The normalized spacial score (nSPS) is 10.1. The third-order valence-electron chi connectivity index (χ3n) is 2.63. The molecule has 1 heterocycles. The summed E-state index contributed by atoms with van der Waals surface area (Å²) in [5.41, 5.74) is 2.81. The first-order valence-electron chi connectivity index (χ1n) is 6.04. The monoisotopic (exact) mass is 243 g/mol. The number of aromatic nitrogens is 1. The highest BCUT2D eigenvalue weighted by Gasteiger charge is 2.03. The number of carbonyl (C=O) groups excluding carboxylic acids is 1. The lowest BCUT2D eigenvalue weighted by Crippen LogP contribution is -2.22. The molecule has 18 heavy (non-hydrogen) atoms. The van der Waals surface area contributed by atoms with Gasteiger partial charge in [-0.05, 0) is 43.3 Å². The van der Waals surface area contributed by atoms with E-state index in [-0.39, 0.29) is 5.91 Å². The first-order valence-corrected chi connectivity index (χ1v) is 6.04. The number of hydrogen-bond donors (Lipinski definition) is 3. The highest BCUT2D eigenvalue weighted by atomic mass is 16.1. The van der Waals surface area contributed by atoms with Crippen molar-refractivity contribution in [2.45, 2.75) is 13.5 Å². The van der Waals surface area contributed by atoms with Crippen molar-refractivity contribution in [3.05, 3.63) is 53.9 Å². The van der Waals surface area contributed by atoms with Gasteiger partial charge in [-0.2, -0.15) is 0 Å². The summed E-state index contributed by atoms with van der Waals surface area (Å²) in [6, 6.07) is 11.5. The summed E-state index contributed by atoms with van der Waals surface area (Å²) in [4.78, 5) is 14.7. The van der Waals surface area contributed by atoms with Crippen molar-refractivity contribution < 1.29 is 4.79 Å². The van der Waals surface area contributed by atoms with E-state index in [1.165, 1.54) is 0 Å². The molecule has 4 heteroatoms. The van der Waals surface area contributed by atoms with Gasteiger partial charge >= 0.3 is 0 Å².